The van der Waals surface area contributed by atoms with Gasteiger partial charge in [0.15, 0.2) is 11.9 Å². The number of hydrogen-bond donors (Lipinski definition) is 4. The van der Waals surface area contributed by atoms with Crippen molar-refractivity contribution in [3.05, 3.63) is 41.7 Å². The maximum atomic E-state index is 12.9. The fourth-order valence-electron chi connectivity index (χ4n) is 3.03. The lowest BCUT2D eigenvalue weighted by Gasteiger charge is -2.27. The first kappa shape index (κ1) is 24.3. The molecular formula is C21H32N6O4. The van der Waals surface area contributed by atoms with Gasteiger partial charge in [-0.25, -0.2) is 9.89 Å². The van der Waals surface area contributed by atoms with Gasteiger partial charge in [0.2, 0.25) is 0 Å². The lowest BCUT2D eigenvalue weighted by atomic mass is 9.99. The molecule has 2 aromatic rings. The Labute approximate surface area is 182 Å². The quantitative estimate of drug-likeness (QED) is 0.474. The summed E-state index contributed by atoms with van der Waals surface area (Å²) < 4.78 is 5.30. The van der Waals surface area contributed by atoms with Crippen LogP contribution >= 0.6 is 0 Å². The zero-order valence-corrected chi connectivity index (χ0v) is 18.6. The van der Waals surface area contributed by atoms with Crippen LogP contribution in [-0.4, -0.2) is 55.5 Å². The summed E-state index contributed by atoms with van der Waals surface area (Å²) >= 11 is 0. The monoisotopic (exact) mass is 432 g/mol. The molecule has 10 nitrogen and oxygen atoms in total. The largest absolute Gasteiger partial charge is 0.444 e. The number of nitrogens with one attached hydrogen (secondary N) is 3. The molecule has 0 spiro atoms. The number of amides is 2. The molecule has 0 saturated heterocycles. The fourth-order valence-corrected chi connectivity index (χ4v) is 3.03. The third kappa shape index (κ3) is 8.33. The summed E-state index contributed by atoms with van der Waals surface area (Å²) in [6, 6.07) is 7.88. The van der Waals surface area contributed by atoms with E-state index in [1.54, 1.807) is 20.8 Å². The van der Waals surface area contributed by atoms with E-state index >= 15 is 0 Å². The van der Waals surface area contributed by atoms with E-state index in [-0.39, 0.29) is 12.3 Å². The molecule has 0 aliphatic heterocycles. The summed E-state index contributed by atoms with van der Waals surface area (Å²) in [5.41, 5.74) is 0.143. The highest BCUT2D eigenvalue weighted by molar-refractivity contribution is 5.82. The molecular weight excluding hydrogens is 400 g/mol. The number of alkyl carbamates (subject to hydrolysis) is 1. The van der Waals surface area contributed by atoms with Crippen LogP contribution in [0.2, 0.25) is 0 Å². The number of rotatable bonds is 9. The summed E-state index contributed by atoms with van der Waals surface area (Å²) in [5.74, 6) is 0.000507. The van der Waals surface area contributed by atoms with Gasteiger partial charge in [-0.2, -0.15) is 0 Å². The van der Waals surface area contributed by atoms with Crippen molar-refractivity contribution in [3.63, 3.8) is 0 Å². The molecule has 1 aromatic heterocycles. The zero-order valence-electron chi connectivity index (χ0n) is 18.6. The SMILES string of the molecule is CC(C)C[C@H](NC(=O)[C@@H](O)[C@@H](Cc1ccccc1)NC(=O)OC(C)(C)C)c1nnn[nH]1. The standard InChI is InChI=1S/C21H32N6O4/c1-13(2)11-16(18-24-26-27-25-18)22-19(29)17(28)15(12-14-9-7-6-8-10-14)23-20(30)31-21(3,4)5/h6-10,13,15-17,28H,11-12H2,1-5H3,(H,22,29)(H,23,30)(H,24,25,26,27)/t15-,16+,17+/m1/s1. The van der Waals surface area contributed by atoms with Gasteiger partial charge in [0.25, 0.3) is 5.91 Å². The number of benzene rings is 1. The van der Waals surface area contributed by atoms with Crippen LogP contribution in [0.1, 0.15) is 58.5 Å². The lowest BCUT2D eigenvalue weighted by Crippen LogP contribution is -2.53. The topological polar surface area (TPSA) is 142 Å². The second-order valence-corrected chi connectivity index (χ2v) is 8.86. The van der Waals surface area contributed by atoms with E-state index in [0.29, 0.717) is 12.2 Å². The third-order valence-electron chi connectivity index (χ3n) is 4.37. The highest BCUT2D eigenvalue weighted by Gasteiger charge is 2.32. The fraction of sp³-hybridized carbons (Fsp3) is 0.571. The Morgan fingerprint density at radius 2 is 1.84 bits per heavy atom. The first-order valence-corrected chi connectivity index (χ1v) is 10.3. The molecule has 1 aromatic carbocycles. The van der Waals surface area contributed by atoms with Gasteiger partial charge in [-0.1, -0.05) is 44.2 Å². The molecule has 31 heavy (non-hydrogen) atoms. The minimum absolute atomic E-state index is 0.243. The second-order valence-electron chi connectivity index (χ2n) is 8.86. The van der Waals surface area contributed by atoms with E-state index in [4.69, 9.17) is 4.74 Å². The minimum atomic E-state index is -1.52. The molecule has 0 bridgehead atoms. The highest BCUT2D eigenvalue weighted by Crippen LogP contribution is 2.18. The van der Waals surface area contributed by atoms with Crippen LogP contribution in [0, 0.1) is 5.92 Å². The Hall–Kier alpha value is -3.01. The first-order chi connectivity index (χ1) is 14.5. The first-order valence-electron chi connectivity index (χ1n) is 10.3. The number of aliphatic hydroxyl groups is 1. The van der Waals surface area contributed by atoms with Crippen molar-refractivity contribution < 1.29 is 19.4 Å². The Morgan fingerprint density at radius 3 is 2.39 bits per heavy atom. The van der Waals surface area contributed by atoms with Gasteiger partial charge in [-0.3, -0.25) is 4.79 Å². The van der Waals surface area contributed by atoms with Crippen LogP contribution in [0.3, 0.4) is 0 Å². The van der Waals surface area contributed by atoms with Crippen molar-refractivity contribution in [1.29, 1.82) is 0 Å². The van der Waals surface area contributed by atoms with Gasteiger partial charge in [-0.05, 0) is 55.5 Å². The van der Waals surface area contributed by atoms with Crippen LogP contribution in [0.15, 0.2) is 30.3 Å². The number of carbonyl (C=O) groups is 2. The van der Waals surface area contributed by atoms with Crippen LogP contribution in [0.5, 0.6) is 0 Å². The van der Waals surface area contributed by atoms with Gasteiger partial charge in [-0.15, -0.1) is 5.10 Å². The summed E-state index contributed by atoms with van der Waals surface area (Å²) in [5, 5.41) is 29.9. The van der Waals surface area contributed by atoms with Crippen molar-refractivity contribution in [2.75, 3.05) is 0 Å². The number of H-pyrrole nitrogens is 1. The van der Waals surface area contributed by atoms with Crippen LogP contribution in [0.25, 0.3) is 0 Å². The van der Waals surface area contributed by atoms with Crippen molar-refractivity contribution in [2.45, 2.75) is 71.2 Å². The summed E-state index contributed by atoms with van der Waals surface area (Å²) in [6.07, 6.45) is -1.41. The van der Waals surface area contributed by atoms with Crippen LogP contribution in [0.4, 0.5) is 4.79 Å². The van der Waals surface area contributed by atoms with E-state index in [0.717, 1.165) is 5.56 Å². The molecule has 0 aliphatic rings. The maximum Gasteiger partial charge on any atom is 0.407 e. The van der Waals surface area contributed by atoms with Crippen LogP contribution < -0.4 is 10.6 Å². The summed E-state index contributed by atoms with van der Waals surface area (Å²) in [7, 11) is 0. The second kappa shape index (κ2) is 10.9. The Balaban J connectivity index is 2.16. The number of ether oxygens (including phenoxy) is 1. The third-order valence-corrected chi connectivity index (χ3v) is 4.37. The molecule has 2 rings (SSSR count). The average Bonchev–Trinajstić information content (AvgIpc) is 3.20. The summed E-state index contributed by atoms with van der Waals surface area (Å²) in [4.78, 5) is 25.2. The minimum Gasteiger partial charge on any atom is -0.444 e. The number of aromatic nitrogens is 4. The predicted octanol–water partition coefficient (Wildman–Crippen LogP) is 1.90. The average molecular weight is 433 g/mol. The Morgan fingerprint density at radius 1 is 1.16 bits per heavy atom. The number of aliphatic hydroxyl groups excluding tert-OH is 1. The zero-order chi connectivity index (χ0) is 23.0. The predicted molar refractivity (Wildman–Crippen MR) is 114 cm³/mol. The molecule has 4 N–H and O–H groups in total. The van der Waals surface area contributed by atoms with E-state index in [1.807, 2.05) is 44.2 Å². The highest BCUT2D eigenvalue weighted by atomic mass is 16.6. The smallest absolute Gasteiger partial charge is 0.407 e. The van der Waals surface area contributed by atoms with Crippen molar-refractivity contribution >= 4 is 12.0 Å². The van der Waals surface area contributed by atoms with Gasteiger partial charge in [0.1, 0.15) is 5.60 Å². The Bertz CT molecular complexity index is 820. The molecule has 0 fully saturated rings. The number of carbonyl (C=O) groups excluding carboxylic acids is 2. The van der Waals surface area contributed by atoms with Crippen molar-refractivity contribution in [3.8, 4) is 0 Å². The number of aromatic amines is 1. The normalized spacial score (nSPS) is 14.5. The molecule has 0 saturated carbocycles. The molecule has 1 heterocycles. The molecule has 170 valence electrons. The van der Waals surface area contributed by atoms with E-state index in [9.17, 15) is 14.7 Å². The molecule has 2 amide bonds. The Kier molecular flexibility index (Phi) is 8.49. The molecule has 3 atom stereocenters. The summed E-state index contributed by atoms with van der Waals surface area (Å²) in [6.45, 7) is 9.22. The maximum absolute atomic E-state index is 12.9. The molecule has 0 aliphatic carbocycles. The molecule has 10 heteroatoms. The van der Waals surface area contributed by atoms with Crippen LogP contribution in [-0.2, 0) is 16.0 Å². The van der Waals surface area contributed by atoms with E-state index in [1.165, 1.54) is 0 Å². The van der Waals surface area contributed by atoms with E-state index < -0.39 is 35.8 Å². The van der Waals surface area contributed by atoms with Gasteiger partial charge in [0, 0.05) is 0 Å². The van der Waals surface area contributed by atoms with Crippen molar-refractivity contribution in [1.82, 2.24) is 31.3 Å². The number of nitrogens with zero attached hydrogens (tertiary/aromatic N) is 3. The number of tetrazole rings is 1. The van der Waals surface area contributed by atoms with Gasteiger partial charge in [0.05, 0.1) is 12.1 Å². The van der Waals surface area contributed by atoms with Crippen molar-refractivity contribution in [2.24, 2.45) is 5.92 Å². The lowest BCUT2D eigenvalue weighted by molar-refractivity contribution is -0.131. The van der Waals surface area contributed by atoms with Gasteiger partial charge < -0.3 is 20.5 Å². The van der Waals surface area contributed by atoms with E-state index in [2.05, 4.69) is 31.3 Å². The molecule has 0 radical (unpaired) electrons. The number of hydrogen-bond acceptors (Lipinski definition) is 7. The van der Waals surface area contributed by atoms with Gasteiger partial charge >= 0.3 is 6.09 Å². The molecule has 0 unspecified atom stereocenters.